The number of para-hydroxylation sites is 1. The minimum absolute atomic E-state index is 0.742. The zero-order valence-corrected chi connectivity index (χ0v) is 11.8. The molecule has 1 aliphatic rings. The van der Waals surface area contributed by atoms with Gasteiger partial charge >= 0.3 is 0 Å². The molecule has 5 heteroatoms. The fourth-order valence-corrected chi connectivity index (χ4v) is 3.10. The SMILES string of the molecule is Clc1cc2cnc3c(N4CCNCC4)cccc3n2c1. The molecule has 1 aliphatic heterocycles. The first-order valence-electron chi connectivity index (χ1n) is 6.84. The molecule has 0 spiro atoms. The maximum atomic E-state index is 6.10. The van der Waals surface area contributed by atoms with Crippen molar-refractivity contribution in [3.05, 3.63) is 41.7 Å². The Labute approximate surface area is 122 Å². The van der Waals surface area contributed by atoms with E-state index in [1.54, 1.807) is 0 Å². The van der Waals surface area contributed by atoms with Crippen LogP contribution in [0.2, 0.25) is 5.02 Å². The molecule has 3 aromatic rings. The fraction of sp³-hybridized carbons (Fsp3) is 0.267. The van der Waals surface area contributed by atoms with Crippen LogP contribution in [0, 0.1) is 0 Å². The fourth-order valence-electron chi connectivity index (χ4n) is 2.89. The summed E-state index contributed by atoms with van der Waals surface area (Å²) in [5.74, 6) is 0. The lowest BCUT2D eigenvalue weighted by atomic mass is 10.2. The van der Waals surface area contributed by atoms with Crippen molar-refractivity contribution in [3.63, 3.8) is 0 Å². The van der Waals surface area contributed by atoms with Crippen molar-refractivity contribution in [2.45, 2.75) is 0 Å². The Balaban J connectivity index is 1.95. The van der Waals surface area contributed by atoms with Gasteiger partial charge in [0.2, 0.25) is 0 Å². The summed E-state index contributed by atoms with van der Waals surface area (Å²) in [6.45, 7) is 4.08. The standard InChI is InChI=1S/C15H15ClN4/c16-11-8-12-9-18-15-13(19-6-4-17-5-7-19)2-1-3-14(15)20(12)10-11/h1-3,8-10,17H,4-7H2. The van der Waals surface area contributed by atoms with Crippen LogP contribution in [0.3, 0.4) is 0 Å². The second kappa shape index (κ2) is 4.65. The van der Waals surface area contributed by atoms with Crippen LogP contribution in [0.4, 0.5) is 5.69 Å². The van der Waals surface area contributed by atoms with Crippen molar-refractivity contribution in [1.29, 1.82) is 0 Å². The van der Waals surface area contributed by atoms with Gasteiger partial charge in [-0.05, 0) is 18.2 Å². The van der Waals surface area contributed by atoms with Crippen LogP contribution < -0.4 is 10.2 Å². The number of nitrogens with one attached hydrogen (secondary N) is 1. The second-order valence-electron chi connectivity index (χ2n) is 5.09. The monoisotopic (exact) mass is 286 g/mol. The number of piperazine rings is 1. The van der Waals surface area contributed by atoms with Crippen LogP contribution in [0.15, 0.2) is 36.7 Å². The van der Waals surface area contributed by atoms with Crippen LogP contribution in [0.5, 0.6) is 0 Å². The van der Waals surface area contributed by atoms with E-state index < -0.39 is 0 Å². The summed E-state index contributed by atoms with van der Waals surface area (Å²) in [5.41, 5.74) is 4.37. The molecule has 2 aromatic heterocycles. The number of benzene rings is 1. The smallest absolute Gasteiger partial charge is 0.110 e. The van der Waals surface area contributed by atoms with Crippen molar-refractivity contribution < 1.29 is 0 Å². The molecular weight excluding hydrogens is 272 g/mol. The van der Waals surface area contributed by atoms with Gasteiger partial charge < -0.3 is 14.6 Å². The summed E-state index contributed by atoms with van der Waals surface area (Å²) >= 11 is 6.10. The van der Waals surface area contributed by atoms with Crippen LogP contribution in [0.25, 0.3) is 16.6 Å². The molecule has 0 atom stereocenters. The van der Waals surface area contributed by atoms with E-state index in [-0.39, 0.29) is 0 Å². The van der Waals surface area contributed by atoms with E-state index in [0.717, 1.165) is 47.8 Å². The molecule has 0 radical (unpaired) electrons. The first-order valence-corrected chi connectivity index (χ1v) is 7.22. The maximum absolute atomic E-state index is 6.10. The molecule has 1 fully saturated rings. The molecule has 0 aliphatic carbocycles. The molecule has 1 saturated heterocycles. The number of fused-ring (bicyclic) bond motifs is 3. The Morgan fingerprint density at radius 1 is 1.20 bits per heavy atom. The van der Waals surface area contributed by atoms with Gasteiger partial charge in [0.25, 0.3) is 0 Å². The Morgan fingerprint density at radius 2 is 2.05 bits per heavy atom. The highest BCUT2D eigenvalue weighted by Gasteiger charge is 2.15. The summed E-state index contributed by atoms with van der Waals surface area (Å²) in [5, 5.41) is 4.12. The quantitative estimate of drug-likeness (QED) is 0.746. The Bertz CT molecular complexity index is 774. The largest absolute Gasteiger partial charge is 0.367 e. The lowest BCUT2D eigenvalue weighted by Crippen LogP contribution is -2.43. The molecule has 3 heterocycles. The Morgan fingerprint density at radius 3 is 2.90 bits per heavy atom. The highest BCUT2D eigenvalue weighted by atomic mass is 35.5. The van der Waals surface area contributed by atoms with Gasteiger partial charge in [-0.15, -0.1) is 0 Å². The predicted molar refractivity (Wildman–Crippen MR) is 82.8 cm³/mol. The first kappa shape index (κ1) is 12.0. The van der Waals surface area contributed by atoms with E-state index in [0.29, 0.717) is 0 Å². The zero-order valence-electron chi connectivity index (χ0n) is 11.0. The maximum Gasteiger partial charge on any atom is 0.110 e. The average molecular weight is 287 g/mol. The van der Waals surface area contributed by atoms with E-state index >= 15 is 0 Å². The second-order valence-corrected chi connectivity index (χ2v) is 5.53. The molecule has 4 nitrogen and oxygen atoms in total. The van der Waals surface area contributed by atoms with E-state index in [4.69, 9.17) is 11.6 Å². The molecule has 0 bridgehead atoms. The highest BCUT2D eigenvalue weighted by Crippen LogP contribution is 2.27. The summed E-state index contributed by atoms with van der Waals surface area (Å²) < 4.78 is 2.11. The third kappa shape index (κ3) is 1.84. The summed E-state index contributed by atoms with van der Waals surface area (Å²) in [4.78, 5) is 7.05. The molecular formula is C15H15ClN4. The molecule has 102 valence electrons. The van der Waals surface area contributed by atoms with E-state index in [1.165, 1.54) is 5.69 Å². The van der Waals surface area contributed by atoms with Crippen molar-refractivity contribution >= 4 is 33.8 Å². The van der Waals surface area contributed by atoms with Gasteiger partial charge in [-0.3, -0.25) is 4.98 Å². The molecule has 0 unspecified atom stereocenters. The number of halogens is 1. The zero-order chi connectivity index (χ0) is 13.5. The Hall–Kier alpha value is -1.78. The first-order chi connectivity index (χ1) is 9.83. The number of aromatic nitrogens is 2. The average Bonchev–Trinajstić information content (AvgIpc) is 2.88. The molecule has 20 heavy (non-hydrogen) atoms. The van der Waals surface area contributed by atoms with Crippen molar-refractivity contribution in [1.82, 2.24) is 14.7 Å². The van der Waals surface area contributed by atoms with Crippen molar-refractivity contribution in [3.8, 4) is 0 Å². The lowest BCUT2D eigenvalue weighted by molar-refractivity contribution is 0.590. The number of nitrogens with zero attached hydrogens (tertiary/aromatic N) is 3. The number of hydrogen-bond donors (Lipinski definition) is 1. The van der Waals surface area contributed by atoms with Gasteiger partial charge in [0.1, 0.15) is 5.52 Å². The van der Waals surface area contributed by atoms with E-state index in [9.17, 15) is 0 Å². The van der Waals surface area contributed by atoms with Crippen LogP contribution >= 0.6 is 11.6 Å². The summed E-state index contributed by atoms with van der Waals surface area (Å²) in [6, 6.07) is 8.27. The van der Waals surface area contributed by atoms with Gasteiger partial charge in [-0.1, -0.05) is 17.7 Å². The van der Waals surface area contributed by atoms with Gasteiger partial charge in [-0.2, -0.15) is 0 Å². The van der Waals surface area contributed by atoms with Crippen LogP contribution in [-0.2, 0) is 0 Å². The normalized spacial score (nSPS) is 16.1. The third-order valence-electron chi connectivity index (χ3n) is 3.85. The molecule has 4 rings (SSSR count). The minimum Gasteiger partial charge on any atom is -0.367 e. The van der Waals surface area contributed by atoms with Gasteiger partial charge in [0, 0.05) is 32.4 Å². The summed E-state index contributed by atoms with van der Waals surface area (Å²) in [6.07, 6.45) is 3.84. The Kier molecular flexibility index (Phi) is 2.79. The molecule has 1 N–H and O–H groups in total. The van der Waals surface area contributed by atoms with Gasteiger partial charge in [0.05, 0.1) is 27.9 Å². The van der Waals surface area contributed by atoms with Crippen molar-refractivity contribution in [2.75, 3.05) is 31.1 Å². The third-order valence-corrected chi connectivity index (χ3v) is 4.06. The van der Waals surface area contributed by atoms with Crippen LogP contribution in [0.1, 0.15) is 0 Å². The van der Waals surface area contributed by atoms with E-state index in [1.807, 2.05) is 18.5 Å². The molecule has 0 saturated carbocycles. The molecule has 1 aromatic carbocycles. The van der Waals surface area contributed by atoms with Crippen LogP contribution in [-0.4, -0.2) is 35.6 Å². The predicted octanol–water partition coefficient (Wildman–Crippen LogP) is 2.55. The molecule has 0 amide bonds. The minimum atomic E-state index is 0.742. The van der Waals surface area contributed by atoms with Gasteiger partial charge in [-0.25, -0.2) is 0 Å². The van der Waals surface area contributed by atoms with Crippen molar-refractivity contribution in [2.24, 2.45) is 0 Å². The number of anilines is 1. The lowest BCUT2D eigenvalue weighted by Gasteiger charge is -2.30. The van der Waals surface area contributed by atoms with E-state index in [2.05, 4.69) is 37.8 Å². The number of rotatable bonds is 1. The topological polar surface area (TPSA) is 32.6 Å². The highest BCUT2D eigenvalue weighted by molar-refractivity contribution is 6.31. The summed E-state index contributed by atoms with van der Waals surface area (Å²) in [7, 11) is 0. The number of hydrogen-bond acceptors (Lipinski definition) is 3. The van der Waals surface area contributed by atoms with Gasteiger partial charge in [0.15, 0.2) is 0 Å².